The number of rotatable bonds is 6. The first-order valence-electron chi connectivity index (χ1n) is 8.12. The van der Waals surface area contributed by atoms with Gasteiger partial charge in [0.15, 0.2) is 11.3 Å². The quantitative estimate of drug-likeness (QED) is 0.661. The molecule has 6 heteroatoms. The van der Waals surface area contributed by atoms with E-state index in [0.717, 1.165) is 16.1 Å². The Morgan fingerprint density at radius 3 is 3.04 bits per heavy atom. The summed E-state index contributed by atoms with van der Waals surface area (Å²) in [7, 11) is 0. The number of carbonyl (C=O) groups is 1. The van der Waals surface area contributed by atoms with E-state index in [1.165, 1.54) is 6.08 Å². The topological polar surface area (TPSA) is 64.4 Å². The molecule has 0 aliphatic carbocycles. The Kier molecular flexibility index (Phi) is 5.19. The zero-order valence-electron chi connectivity index (χ0n) is 14.4. The number of para-hydroxylation sites is 1. The first-order chi connectivity index (χ1) is 12.1. The lowest BCUT2D eigenvalue weighted by atomic mass is 10.2. The van der Waals surface area contributed by atoms with Crippen LogP contribution in [0, 0.1) is 6.92 Å². The van der Waals surface area contributed by atoms with E-state index in [4.69, 9.17) is 9.15 Å². The fourth-order valence-electron chi connectivity index (χ4n) is 2.49. The van der Waals surface area contributed by atoms with Gasteiger partial charge in [0.25, 0.3) is 0 Å². The molecule has 1 atom stereocenters. The summed E-state index contributed by atoms with van der Waals surface area (Å²) in [4.78, 5) is 16.4. The zero-order chi connectivity index (χ0) is 17.8. The number of hydrogen-bond acceptors (Lipinski definition) is 5. The molecule has 0 aliphatic heterocycles. The summed E-state index contributed by atoms with van der Waals surface area (Å²) in [6, 6.07) is 7.44. The van der Waals surface area contributed by atoms with Crippen molar-refractivity contribution >= 4 is 34.3 Å². The van der Waals surface area contributed by atoms with Crippen molar-refractivity contribution in [2.45, 2.75) is 26.8 Å². The van der Waals surface area contributed by atoms with Crippen LogP contribution in [0.1, 0.15) is 36.4 Å². The summed E-state index contributed by atoms with van der Waals surface area (Å²) < 4.78 is 11.5. The third kappa shape index (κ3) is 4.09. The first kappa shape index (κ1) is 17.2. The van der Waals surface area contributed by atoms with Crippen LogP contribution in [0.25, 0.3) is 17.0 Å². The summed E-state index contributed by atoms with van der Waals surface area (Å²) in [6.45, 7) is 6.32. The maximum Gasteiger partial charge on any atom is 0.244 e. The minimum Gasteiger partial charge on any atom is -0.490 e. The van der Waals surface area contributed by atoms with Crippen molar-refractivity contribution in [3.63, 3.8) is 0 Å². The number of furan rings is 1. The minimum absolute atomic E-state index is 0.191. The molecule has 5 nitrogen and oxygen atoms in total. The number of aromatic nitrogens is 1. The standard InChI is InChI=1S/C19H20N2O3S/c1-4-23-16-7-5-6-14-10-17(24-19(14)16)12(2)20-18(22)9-8-15-11-25-13(3)21-15/h5-12H,4H2,1-3H3,(H,20,22)/b9-8+. The SMILES string of the molecule is CCOc1cccc2cc(C(C)NC(=O)/C=C/c3csc(C)n3)oc12. The predicted molar refractivity (Wildman–Crippen MR) is 99.8 cm³/mol. The Bertz CT molecular complexity index is 910. The average Bonchev–Trinajstić information content (AvgIpc) is 3.20. The van der Waals surface area contributed by atoms with Crippen LogP contribution in [-0.4, -0.2) is 17.5 Å². The van der Waals surface area contributed by atoms with Gasteiger partial charge in [0.1, 0.15) is 5.76 Å². The van der Waals surface area contributed by atoms with Crippen molar-refractivity contribution in [2.75, 3.05) is 6.61 Å². The summed E-state index contributed by atoms with van der Waals surface area (Å²) >= 11 is 1.55. The van der Waals surface area contributed by atoms with Crippen molar-refractivity contribution in [3.8, 4) is 5.75 Å². The molecular weight excluding hydrogens is 336 g/mol. The molecule has 0 radical (unpaired) electrons. The number of hydrogen-bond donors (Lipinski definition) is 1. The Hall–Kier alpha value is -2.60. The number of carbonyl (C=O) groups excluding carboxylic acids is 1. The second-order valence-electron chi connectivity index (χ2n) is 5.61. The molecule has 0 saturated heterocycles. The van der Waals surface area contributed by atoms with Crippen molar-refractivity contribution < 1.29 is 13.9 Å². The van der Waals surface area contributed by atoms with Gasteiger partial charge < -0.3 is 14.5 Å². The number of amides is 1. The summed E-state index contributed by atoms with van der Waals surface area (Å²) in [6.07, 6.45) is 3.19. The van der Waals surface area contributed by atoms with Crippen LogP contribution in [0.15, 0.2) is 40.1 Å². The van der Waals surface area contributed by atoms with Crippen LogP contribution < -0.4 is 10.1 Å². The average molecular weight is 356 g/mol. The molecule has 0 bridgehead atoms. The van der Waals surface area contributed by atoms with Crippen molar-refractivity contribution in [2.24, 2.45) is 0 Å². The lowest BCUT2D eigenvalue weighted by molar-refractivity contribution is -0.117. The Morgan fingerprint density at radius 2 is 2.32 bits per heavy atom. The van der Waals surface area contributed by atoms with Gasteiger partial charge in [-0.1, -0.05) is 12.1 Å². The number of benzene rings is 1. The number of aryl methyl sites for hydroxylation is 1. The molecule has 25 heavy (non-hydrogen) atoms. The van der Waals surface area contributed by atoms with Gasteiger partial charge in [-0.3, -0.25) is 4.79 Å². The van der Waals surface area contributed by atoms with Gasteiger partial charge in [-0.25, -0.2) is 4.98 Å². The van der Waals surface area contributed by atoms with E-state index >= 15 is 0 Å². The van der Waals surface area contributed by atoms with E-state index in [1.54, 1.807) is 17.4 Å². The molecule has 0 saturated carbocycles. The van der Waals surface area contributed by atoms with E-state index in [0.29, 0.717) is 23.7 Å². The molecule has 2 aromatic heterocycles. The molecule has 1 unspecified atom stereocenters. The van der Waals surface area contributed by atoms with Crippen LogP contribution >= 0.6 is 11.3 Å². The summed E-state index contributed by atoms with van der Waals surface area (Å²) in [5.74, 6) is 1.21. The second-order valence-corrected chi connectivity index (χ2v) is 6.67. The highest BCUT2D eigenvalue weighted by atomic mass is 32.1. The molecule has 3 aromatic rings. The highest BCUT2D eigenvalue weighted by Crippen LogP contribution is 2.31. The fourth-order valence-corrected chi connectivity index (χ4v) is 3.07. The van der Waals surface area contributed by atoms with E-state index in [-0.39, 0.29) is 11.9 Å². The molecule has 2 heterocycles. The molecule has 0 fully saturated rings. The zero-order valence-corrected chi connectivity index (χ0v) is 15.2. The molecule has 1 amide bonds. The van der Waals surface area contributed by atoms with Crippen molar-refractivity contribution in [3.05, 3.63) is 52.2 Å². The molecule has 1 aromatic carbocycles. The van der Waals surface area contributed by atoms with Crippen LogP contribution in [0.4, 0.5) is 0 Å². The molecule has 3 rings (SSSR count). The Balaban J connectivity index is 1.71. The van der Waals surface area contributed by atoms with Crippen LogP contribution in [0.5, 0.6) is 5.75 Å². The maximum absolute atomic E-state index is 12.1. The number of thiazole rings is 1. The Morgan fingerprint density at radius 1 is 1.48 bits per heavy atom. The fraction of sp³-hybridized carbons (Fsp3) is 0.263. The molecule has 1 N–H and O–H groups in total. The van der Waals surface area contributed by atoms with E-state index in [9.17, 15) is 4.79 Å². The van der Waals surface area contributed by atoms with Gasteiger partial charge in [0.2, 0.25) is 5.91 Å². The van der Waals surface area contributed by atoms with Gasteiger partial charge in [-0.05, 0) is 39.0 Å². The van der Waals surface area contributed by atoms with Gasteiger partial charge in [-0.15, -0.1) is 11.3 Å². The highest BCUT2D eigenvalue weighted by Gasteiger charge is 2.15. The van der Waals surface area contributed by atoms with Gasteiger partial charge >= 0.3 is 0 Å². The number of ether oxygens (including phenoxy) is 1. The molecule has 130 valence electrons. The molecule has 0 spiro atoms. The molecule has 0 aliphatic rings. The Labute approximate surface area is 150 Å². The second kappa shape index (κ2) is 7.53. The van der Waals surface area contributed by atoms with Gasteiger partial charge in [0, 0.05) is 16.8 Å². The van der Waals surface area contributed by atoms with E-state index < -0.39 is 0 Å². The van der Waals surface area contributed by atoms with Crippen LogP contribution in [-0.2, 0) is 4.79 Å². The largest absolute Gasteiger partial charge is 0.490 e. The predicted octanol–water partition coefficient (Wildman–Crippen LogP) is 4.49. The summed E-state index contributed by atoms with van der Waals surface area (Å²) in [5, 5.41) is 6.74. The number of fused-ring (bicyclic) bond motifs is 1. The van der Waals surface area contributed by atoms with E-state index in [2.05, 4.69) is 10.3 Å². The van der Waals surface area contributed by atoms with Crippen molar-refractivity contribution in [1.29, 1.82) is 0 Å². The lowest BCUT2D eigenvalue weighted by Crippen LogP contribution is -2.24. The third-order valence-electron chi connectivity index (χ3n) is 3.65. The minimum atomic E-state index is -0.254. The lowest BCUT2D eigenvalue weighted by Gasteiger charge is -2.09. The van der Waals surface area contributed by atoms with Gasteiger partial charge in [-0.2, -0.15) is 0 Å². The van der Waals surface area contributed by atoms with Gasteiger partial charge in [0.05, 0.1) is 23.4 Å². The molecular formula is C19H20N2O3S. The monoisotopic (exact) mass is 356 g/mol. The third-order valence-corrected chi connectivity index (χ3v) is 4.45. The van der Waals surface area contributed by atoms with Crippen LogP contribution in [0.3, 0.4) is 0 Å². The maximum atomic E-state index is 12.1. The van der Waals surface area contributed by atoms with E-state index in [1.807, 2.05) is 50.4 Å². The smallest absolute Gasteiger partial charge is 0.244 e. The van der Waals surface area contributed by atoms with Crippen LogP contribution in [0.2, 0.25) is 0 Å². The summed E-state index contributed by atoms with van der Waals surface area (Å²) in [5.41, 5.74) is 1.49. The first-order valence-corrected chi connectivity index (χ1v) is 9.00. The number of nitrogens with zero attached hydrogens (tertiary/aromatic N) is 1. The normalized spacial score (nSPS) is 12.6. The number of nitrogens with one attached hydrogen (secondary N) is 1. The van der Waals surface area contributed by atoms with Crippen molar-refractivity contribution in [1.82, 2.24) is 10.3 Å². The highest BCUT2D eigenvalue weighted by molar-refractivity contribution is 7.09.